The summed E-state index contributed by atoms with van der Waals surface area (Å²) in [5.41, 5.74) is 2.63. The van der Waals surface area contributed by atoms with E-state index in [-0.39, 0.29) is 15.7 Å². The number of carbonyl (C=O) groups is 2. The fourth-order valence-electron chi connectivity index (χ4n) is 2.31. The van der Waals surface area contributed by atoms with Gasteiger partial charge in [-0.1, -0.05) is 32.0 Å². The van der Waals surface area contributed by atoms with Crippen molar-refractivity contribution in [2.45, 2.75) is 30.9 Å². The molecule has 9 heteroatoms. The average Bonchev–Trinajstić information content (AvgIpc) is 3.04. The highest BCUT2D eigenvalue weighted by Gasteiger charge is 2.18. The second kappa shape index (κ2) is 7.98. The van der Waals surface area contributed by atoms with E-state index in [2.05, 4.69) is 5.32 Å². The molecule has 0 saturated carbocycles. The van der Waals surface area contributed by atoms with Crippen LogP contribution in [0.15, 0.2) is 33.9 Å². The summed E-state index contributed by atoms with van der Waals surface area (Å²) in [5, 5.41) is 9.08. The molecule has 0 spiro atoms. The van der Waals surface area contributed by atoms with E-state index in [9.17, 15) is 18.0 Å². The minimum Gasteiger partial charge on any atom is -0.452 e. The lowest BCUT2D eigenvalue weighted by Gasteiger charge is -2.16. The third kappa shape index (κ3) is 4.90. The number of thiophene rings is 1. The Balaban J connectivity index is 2.01. The van der Waals surface area contributed by atoms with Gasteiger partial charge < -0.3 is 10.1 Å². The van der Waals surface area contributed by atoms with E-state index in [0.717, 1.165) is 28.5 Å². The molecule has 0 aliphatic rings. The van der Waals surface area contributed by atoms with E-state index in [1.165, 1.54) is 5.38 Å². The normalized spacial score (nSPS) is 11.4. The highest BCUT2D eigenvalue weighted by molar-refractivity contribution is 7.91. The largest absolute Gasteiger partial charge is 0.452 e. The molecule has 1 aromatic carbocycles. The van der Waals surface area contributed by atoms with E-state index in [1.54, 1.807) is 0 Å². The Morgan fingerprint density at radius 3 is 2.58 bits per heavy atom. The molecule has 0 fully saturated rings. The summed E-state index contributed by atoms with van der Waals surface area (Å²) in [5.74, 6) is -1.05. The molecule has 7 nitrogen and oxygen atoms in total. The minimum absolute atomic E-state index is 0.0330. The number of nitrogens with two attached hydrogens (primary N) is 1. The first kappa shape index (κ1) is 20.1. The number of sulfonamides is 1. The molecule has 0 atom stereocenters. The molecule has 0 aliphatic heterocycles. The second-order valence-corrected chi connectivity index (χ2v) is 8.72. The summed E-state index contributed by atoms with van der Waals surface area (Å²) < 4.78 is 27.3. The van der Waals surface area contributed by atoms with E-state index >= 15 is 0 Å². The lowest BCUT2D eigenvalue weighted by Crippen LogP contribution is -2.22. The van der Waals surface area contributed by atoms with Crippen LogP contribution in [-0.4, -0.2) is 26.9 Å². The van der Waals surface area contributed by atoms with Crippen LogP contribution in [0.4, 0.5) is 5.69 Å². The Labute approximate surface area is 156 Å². The van der Waals surface area contributed by atoms with Gasteiger partial charge in [-0.15, -0.1) is 11.3 Å². The van der Waals surface area contributed by atoms with Crippen molar-refractivity contribution in [3.8, 4) is 0 Å². The summed E-state index contributed by atoms with van der Waals surface area (Å²) in [4.78, 5) is 24.1. The van der Waals surface area contributed by atoms with Gasteiger partial charge in [0.1, 0.15) is 4.21 Å². The van der Waals surface area contributed by atoms with Crippen molar-refractivity contribution in [2.24, 2.45) is 5.14 Å². The molecule has 26 heavy (non-hydrogen) atoms. The van der Waals surface area contributed by atoms with Crippen molar-refractivity contribution in [3.05, 3.63) is 46.3 Å². The molecular weight excluding hydrogens is 376 g/mol. The number of anilines is 1. The number of carbonyl (C=O) groups excluding carboxylic acids is 2. The highest BCUT2D eigenvalue weighted by Crippen LogP contribution is 2.27. The van der Waals surface area contributed by atoms with Gasteiger partial charge in [0.2, 0.25) is 10.0 Å². The number of hydrogen-bond acceptors (Lipinski definition) is 6. The Morgan fingerprint density at radius 2 is 2.00 bits per heavy atom. The van der Waals surface area contributed by atoms with Crippen molar-refractivity contribution in [1.82, 2.24) is 0 Å². The number of benzene rings is 1. The van der Waals surface area contributed by atoms with Gasteiger partial charge in [0.15, 0.2) is 6.61 Å². The number of nitrogens with one attached hydrogen (secondary N) is 1. The van der Waals surface area contributed by atoms with Crippen molar-refractivity contribution in [3.63, 3.8) is 0 Å². The first-order valence-corrected chi connectivity index (χ1v) is 10.2. The number of primary sulfonamides is 1. The standard InChI is InChI=1S/C17H20N2O5S2/c1-10(2)13-6-4-5-11(3)16(13)19-14(20)8-24-17(21)12-7-15(25-9-12)26(18,22)23/h4-7,9-10H,8H2,1-3H3,(H,19,20)(H2,18,22,23). The molecule has 1 aromatic heterocycles. The van der Waals surface area contributed by atoms with Crippen LogP contribution < -0.4 is 10.5 Å². The zero-order valence-corrected chi connectivity index (χ0v) is 16.2. The fraction of sp³-hybridized carbons (Fsp3) is 0.294. The van der Waals surface area contributed by atoms with Crippen molar-refractivity contribution >= 4 is 38.9 Å². The second-order valence-electron chi connectivity index (χ2n) is 6.02. The average molecular weight is 396 g/mol. The smallest absolute Gasteiger partial charge is 0.339 e. The van der Waals surface area contributed by atoms with Crippen LogP contribution in [0.2, 0.25) is 0 Å². The molecule has 1 heterocycles. The zero-order valence-electron chi connectivity index (χ0n) is 14.6. The maximum Gasteiger partial charge on any atom is 0.339 e. The third-order valence-corrected chi connectivity index (χ3v) is 6.00. The summed E-state index contributed by atoms with van der Waals surface area (Å²) in [6, 6.07) is 6.85. The molecular formula is C17H20N2O5S2. The number of para-hydroxylation sites is 1. The number of esters is 1. The van der Waals surface area contributed by atoms with Gasteiger partial charge in [-0.05, 0) is 30.0 Å². The van der Waals surface area contributed by atoms with E-state index < -0.39 is 28.5 Å². The van der Waals surface area contributed by atoms with Gasteiger partial charge in [0.05, 0.1) is 5.56 Å². The Morgan fingerprint density at radius 1 is 1.31 bits per heavy atom. The molecule has 140 valence electrons. The molecule has 3 N–H and O–H groups in total. The third-order valence-electron chi connectivity index (χ3n) is 3.62. The van der Waals surface area contributed by atoms with Crippen LogP contribution in [0.3, 0.4) is 0 Å². The topological polar surface area (TPSA) is 116 Å². The van der Waals surface area contributed by atoms with Crippen LogP contribution >= 0.6 is 11.3 Å². The first-order valence-electron chi connectivity index (χ1n) is 7.77. The minimum atomic E-state index is -3.87. The molecule has 2 aromatic rings. The lowest BCUT2D eigenvalue weighted by atomic mass is 9.98. The molecule has 0 radical (unpaired) electrons. The fourth-order valence-corrected chi connectivity index (χ4v) is 3.88. The maximum atomic E-state index is 12.1. The summed E-state index contributed by atoms with van der Waals surface area (Å²) in [6.07, 6.45) is 0. The van der Waals surface area contributed by atoms with Crippen molar-refractivity contribution in [2.75, 3.05) is 11.9 Å². The summed E-state index contributed by atoms with van der Waals surface area (Å²) in [7, 11) is -3.87. The molecule has 0 unspecified atom stereocenters. The van der Waals surface area contributed by atoms with Crippen molar-refractivity contribution < 1.29 is 22.7 Å². The molecule has 0 bridgehead atoms. The SMILES string of the molecule is Cc1cccc(C(C)C)c1NC(=O)COC(=O)c1csc(S(N)(=O)=O)c1. The van der Waals surface area contributed by atoms with E-state index in [0.29, 0.717) is 5.69 Å². The highest BCUT2D eigenvalue weighted by atomic mass is 32.2. The number of aryl methyl sites for hydroxylation is 1. The van der Waals surface area contributed by atoms with Gasteiger partial charge in [0, 0.05) is 11.1 Å². The molecule has 0 saturated heterocycles. The van der Waals surface area contributed by atoms with Gasteiger partial charge in [-0.25, -0.2) is 18.4 Å². The monoisotopic (exact) mass is 396 g/mol. The molecule has 0 aliphatic carbocycles. The number of amides is 1. The Hall–Kier alpha value is -2.23. The van der Waals surface area contributed by atoms with Crippen LogP contribution in [0.1, 0.15) is 41.3 Å². The van der Waals surface area contributed by atoms with Gasteiger partial charge >= 0.3 is 5.97 Å². The van der Waals surface area contributed by atoms with Gasteiger partial charge in [-0.3, -0.25) is 4.79 Å². The number of rotatable bonds is 6. The Kier molecular flexibility index (Phi) is 6.17. The first-order chi connectivity index (χ1) is 12.1. The van der Waals surface area contributed by atoms with E-state index in [1.807, 2.05) is 39.0 Å². The summed E-state index contributed by atoms with van der Waals surface area (Å²) in [6.45, 7) is 5.44. The Bertz CT molecular complexity index is 932. The lowest BCUT2D eigenvalue weighted by molar-refractivity contribution is -0.119. The van der Waals surface area contributed by atoms with Gasteiger partial charge in [-0.2, -0.15) is 0 Å². The van der Waals surface area contributed by atoms with Crippen LogP contribution in [0.25, 0.3) is 0 Å². The van der Waals surface area contributed by atoms with Crippen LogP contribution in [-0.2, 0) is 19.6 Å². The number of ether oxygens (including phenoxy) is 1. The van der Waals surface area contributed by atoms with E-state index in [4.69, 9.17) is 9.88 Å². The number of hydrogen-bond donors (Lipinski definition) is 2. The predicted molar refractivity (Wildman–Crippen MR) is 99.9 cm³/mol. The predicted octanol–water partition coefficient (Wildman–Crippen LogP) is 2.62. The van der Waals surface area contributed by atoms with Crippen LogP contribution in [0.5, 0.6) is 0 Å². The maximum absolute atomic E-state index is 12.1. The van der Waals surface area contributed by atoms with Gasteiger partial charge in [0.25, 0.3) is 5.91 Å². The van der Waals surface area contributed by atoms with Crippen LogP contribution in [0, 0.1) is 6.92 Å². The summed E-state index contributed by atoms with van der Waals surface area (Å²) >= 11 is 0.814. The quantitative estimate of drug-likeness (QED) is 0.728. The zero-order chi connectivity index (χ0) is 19.5. The van der Waals surface area contributed by atoms with Crippen molar-refractivity contribution in [1.29, 1.82) is 0 Å². The molecule has 1 amide bonds. The molecule has 2 rings (SSSR count).